The molecule has 1 aromatic heterocycles. The number of hydrogen-bond donors (Lipinski definition) is 3. The fourth-order valence-electron chi connectivity index (χ4n) is 3.74. The van der Waals surface area contributed by atoms with E-state index in [1.165, 1.54) is 12.1 Å². The molecule has 2 amide bonds. The molecule has 3 N–H and O–H groups in total. The lowest BCUT2D eigenvalue weighted by Gasteiger charge is -2.34. The fraction of sp³-hybridized carbons (Fsp3) is 0.476. The molecule has 9 heteroatoms. The molecule has 2 heterocycles. The normalized spacial score (nSPS) is 16.3. The zero-order chi connectivity index (χ0) is 22.0. The second-order valence-electron chi connectivity index (χ2n) is 7.80. The van der Waals surface area contributed by atoms with E-state index < -0.39 is 0 Å². The molecule has 0 aliphatic carbocycles. The summed E-state index contributed by atoms with van der Waals surface area (Å²) in [5, 5.41) is 20.4. The van der Waals surface area contributed by atoms with Gasteiger partial charge in [0.15, 0.2) is 0 Å². The van der Waals surface area contributed by atoms with Crippen LogP contribution in [0.1, 0.15) is 31.2 Å². The first-order valence-corrected chi connectivity index (χ1v) is 10.4. The van der Waals surface area contributed by atoms with Crippen molar-refractivity contribution >= 4 is 34.8 Å². The SMILES string of the molecule is Cc1nn(C)c(C)c1NC(=O)[C@H](C)N1CCC(C(=O)Nc2cc(Cl)ccc2O)CC1. The predicted molar refractivity (Wildman–Crippen MR) is 117 cm³/mol. The maximum Gasteiger partial charge on any atom is 0.241 e. The number of aryl methyl sites for hydroxylation is 2. The maximum atomic E-state index is 12.7. The number of aromatic nitrogens is 2. The summed E-state index contributed by atoms with van der Waals surface area (Å²) in [4.78, 5) is 27.4. The summed E-state index contributed by atoms with van der Waals surface area (Å²) in [6.45, 7) is 6.94. The summed E-state index contributed by atoms with van der Waals surface area (Å²) < 4.78 is 1.75. The number of aromatic hydroxyl groups is 1. The molecule has 1 aromatic carbocycles. The number of halogens is 1. The second-order valence-corrected chi connectivity index (χ2v) is 8.23. The number of amides is 2. The Balaban J connectivity index is 1.54. The summed E-state index contributed by atoms with van der Waals surface area (Å²) in [5.41, 5.74) is 2.76. The van der Waals surface area contributed by atoms with Gasteiger partial charge in [0.05, 0.1) is 28.8 Å². The van der Waals surface area contributed by atoms with Gasteiger partial charge in [0.1, 0.15) is 5.75 Å². The van der Waals surface area contributed by atoms with Crippen molar-refractivity contribution in [3.8, 4) is 5.75 Å². The van der Waals surface area contributed by atoms with Crippen LogP contribution < -0.4 is 10.6 Å². The van der Waals surface area contributed by atoms with Gasteiger partial charge in [-0.15, -0.1) is 0 Å². The van der Waals surface area contributed by atoms with E-state index in [0.717, 1.165) is 17.1 Å². The highest BCUT2D eigenvalue weighted by Gasteiger charge is 2.30. The van der Waals surface area contributed by atoms with Crippen LogP contribution >= 0.6 is 11.6 Å². The van der Waals surface area contributed by atoms with Gasteiger partial charge in [-0.1, -0.05) is 11.6 Å². The Morgan fingerprint density at radius 2 is 1.90 bits per heavy atom. The van der Waals surface area contributed by atoms with E-state index in [4.69, 9.17) is 11.6 Å². The Hall–Kier alpha value is -2.58. The molecule has 0 unspecified atom stereocenters. The van der Waals surface area contributed by atoms with Crippen LogP contribution in [0.25, 0.3) is 0 Å². The third kappa shape index (κ3) is 4.76. The van der Waals surface area contributed by atoms with E-state index in [0.29, 0.717) is 36.6 Å². The van der Waals surface area contributed by atoms with Crippen LogP contribution in [0.4, 0.5) is 11.4 Å². The monoisotopic (exact) mass is 433 g/mol. The molecule has 0 bridgehead atoms. The first-order chi connectivity index (χ1) is 14.2. The fourth-order valence-corrected chi connectivity index (χ4v) is 3.91. The van der Waals surface area contributed by atoms with Crippen molar-refractivity contribution in [3.63, 3.8) is 0 Å². The minimum atomic E-state index is -0.315. The van der Waals surface area contributed by atoms with E-state index >= 15 is 0 Å². The minimum Gasteiger partial charge on any atom is -0.506 e. The van der Waals surface area contributed by atoms with Gasteiger partial charge in [-0.2, -0.15) is 5.10 Å². The number of likely N-dealkylation sites (tertiary alicyclic amines) is 1. The number of phenols is 1. The Kier molecular flexibility index (Phi) is 6.67. The molecule has 0 saturated carbocycles. The van der Waals surface area contributed by atoms with E-state index in [1.807, 2.05) is 27.8 Å². The van der Waals surface area contributed by atoms with Crippen LogP contribution in [-0.2, 0) is 16.6 Å². The smallest absolute Gasteiger partial charge is 0.241 e. The van der Waals surface area contributed by atoms with Crippen molar-refractivity contribution in [1.29, 1.82) is 0 Å². The number of hydrogen-bond acceptors (Lipinski definition) is 5. The molecule has 8 nitrogen and oxygen atoms in total. The number of rotatable bonds is 5. The van der Waals surface area contributed by atoms with Crippen LogP contribution in [0, 0.1) is 19.8 Å². The van der Waals surface area contributed by atoms with Gasteiger partial charge in [0.25, 0.3) is 0 Å². The number of phenolic OH excluding ortho intramolecular Hbond substituents is 1. The Morgan fingerprint density at radius 3 is 2.50 bits per heavy atom. The van der Waals surface area contributed by atoms with Gasteiger partial charge in [0.2, 0.25) is 11.8 Å². The van der Waals surface area contributed by atoms with E-state index in [-0.39, 0.29) is 29.5 Å². The van der Waals surface area contributed by atoms with Crippen molar-refractivity contribution < 1.29 is 14.7 Å². The van der Waals surface area contributed by atoms with E-state index in [9.17, 15) is 14.7 Å². The molecule has 1 saturated heterocycles. The summed E-state index contributed by atoms with van der Waals surface area (Å²) in [5.74, 6) is -0.430. The van der Waals surface area contributed by atoms with Crippen molar-refractivity contribution in [2.75, 3.05) is 23.7 Å². The molecule has 162 valence electrons. The molecule has 30 heavy (non-hydrogen) atoms. The van der Waals surface area contributed by atoms with Gasteiger partial charge in [0, 0.05) is 18.0 Å². The molecular weight excluding hydrogens is 406 g/mol. The predicted octanol–water partition coefficient (Wildman–Crippen LogP) is 3.07. The van der Waals surface area contributed by atoms with Crippen molar-refractivity contribution in [1.82, 2.24) is 14.7 Å². The van der Waals surface area contributed by atoms with E-state index in [2.05, 4.69) is 20.6 Å². The van der Waals surface area contributed by atoms with Gasteiger partial charge in [-0.25, -0.2) is 0 Å². The number of anilines is 2. The summed E-state index contributed by atoms with van der Waals surface area (Å²) in [6.07, 6.45) is 1.27. The number of benzene rings is 1. The highest BCUT2D eigenvalue weighted by molar-refractivity contribution is 6.31. The third-order valence-corrected chi connectivity index (χ3v) is 6.04. The zero-order valence-corrected chi connectivity index (χ0v) is 18.5. The van der Waals surface area contributed by atoms with Gasteiger partial charge in [-0.3, -0.25) is 19.2 Å². The van der Waals surface area contributed by atoms with Gasteiger partial charge >= 0.3 is 0 Å². The van der Waals surface area contributed by atoms with Crippen molar-refractivity contribution in [2.45, 2.75) is 39.7 Å². The molecule has 3 rings (SSSR count). The number of nitrogens with zero attached hydrogens (tertiary/aromatic N) is 3. The Morgan fingerprint density at radius 1 is 1.23 bits per heavy atom. The third-order valence-electron chi connectivity index (χ3n) is 5.80. The standard InChI is InChI=1S/C21H28ClN5O3/c1-12-19(13(2)26(4)25-12)24-20(29)14(3)27-9-7-15(8-10-27)21(30)23-17-11-16(22)5-6-18(17)28/h5-6,11,14-15,28H,7-10H2,1-4H3,(H,23,30)(H,24,29)/t14-/m0/s1. The molecule has 0 spiro atoms. The molecule has 2 aromatic rings. The highest BCUT2D eigenvalue weighted by atomic mass is 35.5. The maximum absolute atomic E-state index is 12.7. The quantitative estimate of drug-likeness (QED) is 0.629. The Bertz CT molecular complexity index is 950. The van der Waals surface area contributed by atoms with Crippen LogP contribution in [0.15, 0.2) is 18.2 Å². The average molecular weight is 434 g/mol. The highest BCUT2D eigenvalue weighted by Crippen LogP contribution is 2.28. The largest absolute Gasteiger partial charge is 0.506 e. The van der Waals surface area contributed by atoms with Crippen molar-refractivity contribution in [3.05, 3.63) is 34.6 Å². The minimum absolute atomic E-state index is 0.0172. The molecule has 1 fully saturated rings. The summed E-state index contributed by atoms with van der Waals surface area (Å²) in [7, 11) is 1.85. The number of nitrogens with one attached hydrogen (secondary N) is 2. The second kappa shape index (κ2) is 9.06. The van der Waals surface area contributed by atoms with Crippen LogP contribution in [-0.4, -0.2) is 50.7 Å². The molecule has 1 aliphatic rings. The van der Waals surface area contributed by atoms with E-state index in [1.54, 1.807) is 10.7 Å². The first kappa shape index (κ1) is 22.1. The van der Waals surface area contributed by atoms with Crippen LogP contribution in [0.5, 0.6) is 5.75 Å². The lowest BCUT2D eigenvalue weighted by molar-refractivity contribution is -0.123. The summed E-state index contributed by atoms with van der Waals surface area (Å²) >= 11 is 5.94. The molecule has 1 aliphatic heterocycles. The van der Waals surface area contributed by atoms with Crippen molar-refractivity contribution in [2.24, 2.45) is 13.0 Å². The number of carbonyl (C=O) groups excluding carboxylic acids is 2. The summed E-state index contributed by atoms with van der Waals surface area (Å²) in [6, 6.07) is 4.22. The lowest BCUT2D eigenvalue weighted by Crippen LogP contribution is -2.47. The number of carbonyl (C=O) groups is 2. The zero-order valence-electron chi connectivity index (χ0n) is 17.7. The van der Waals surface area contributed by atoms with Crippen LogP contribution in [0.3, 0.4) is 0 Å². The molecule has 0 radical (unpaired) electrons. The number of piperidine rings is 1. The van der Waals surface area contributed by atoms with Gasteiger partial charge < -0.3 is 15.7 Å². The van der Waals surface area contributed by atoms with Gasteiger partial charge in [-0.05, 0) is 64.9 Å². The topological polar surface area (TPSA) is 99.5 Å². The van der Waals surface area contributed by atoms with Crippen LogP contribution in [0.2, 0.25) is 5.02 Å². The lowest BCUT2D eigenvalue weighted by atomic mass is 9.94. The molecule has 1 atom stereocenters. The first-order valence-electron chi connectivity index (χ1n) is 10.0. The average Bonchev–Trinajstić information content (AvgIpc) is 2.96. The Labute approximate surface area is 181 Å². The molecular formula is C21H28ClN5O3.